The molecule has 0 aliphatic carbocycles. The molecule has 2 aromatic rings. The van der Waals surface area contributed by atoms with E-state index in [9.17, 15) is 0 Å². The highest BCUT2D eigenvalue weighted by atomic mass is 28.4. The Labute approximate surface area is 171 Å². The largest absolute Gasteiger partial charge is 0.326 e. The Kier molecular flexibility index (Phi) is 9.14. The first kappa shape index (κ1) is 22.6. The fourth-order valence-electron chi connectivity index (χ4n) is 3.37. The van der Waals surface area contributed by atoms with E-state index in [0.29, 0.717) is 24.2 Å². The van der Waals surface area contributed by atoms with E-state index in [1.807, 2.05) is 60.7 Å². The Balaban J connectivity index is 2.27. The van der Waals surface area contributed by atoms with Gasteiger partial charge < -0.3 is 0 Å². The highest BCUT2D eigenvalue weighted by Crippen LogP contribution is 2.24. The second kappa shape index (κ2) is 11.3. The van der Waals surface area contributed by atoms with E-state index in [2.05, 4.69) is 24.9 Å². The molecule has 0 aliphatic rings. The first-order valence-electron chi connectivity index (χ1n) is 10.5. The van der Waals surface area contributed by atoms with Gasteiger partial charge in [0.15, 0.2) is 0 Å². The van der Waals surface area contributed by atoms with Crippen molar-refractivity contribution in [2.45, 2.75) is 63.7 Å². The van der Waals surface area contributed by atoms with Crippen LogP contribution in [0, 0.1) is 11.1 Å². The third-order valence-corrected chi connectivity index (χ3v) is 10.6. The van der Waals surface area contributed by atoms with Crippen LogP contribution in [0.15, 0.2) is 60.7 Å². The fraction of sp³-hybridized carbons (Fsp3) is 0.417. The number of unbranched alkanes of at least 4 members (excludes halogenated alkanes) is 2. The van der Waals surface area contributed by atoms with Crippen molar-refractivity contribution < 1.29 is 8.22 Å². The second-order valence-electron chi connectivity index (χ2n) is 7.71. The van der Waals surface area contributed by atoms with E-state index in [4.69, 9.17) is 0 Å². The van der Waals surface area contributed by atoms with Gasteiger partial charge in [0.05, 0.1) is 0 Å². The highest BCUT2D eigenvalue weighted by Gasteiger charge is 2.36. The van der Waals surface area contributed by atoms with Crippen LogP contribution >= 0.6 is 0 Å². The van der Waals surface area contributed by atoms with Crippen LogP contribution in [0.2, 0.25) is 12.1 Å². The summed E-state index contributed by atoms with van der Waals surface area (Å²) in [5, 5.41) is 0. The van der Waals surface area contributed by atoms with Crippen LogP contribution in [0.25, 0.3) is 0 Å². The number of hydrogen-bond acceptors (Lipinski definition) is 0. The monoisotopic (exact) mass is 414 g/mol. The quantitative estimate of drug-likeness (QED) is 0.222. The Hall–Kier alpha value is -1.71. The molecule has 0 saturated carbocycles. The molecule has 0 aromatic heterocycles. The lowest BCUT2D eigenvalue weighted by Gasteiger charge is -2.19. The van der Waals surface area contributed by atoms with Gasteiger partial charge in [-0.15, -0.1) is 0 Å². The van der Waals surface area contributed by atoms with Gasteiger partial charge in [0.2, 0.25) is 0 Å². The lowest BCUT2D eigenvalue weighted by atomic mass is 10.2. The van der Waals surface area contributed by atoms with Gasteiger partial charge in [-0.3, -0.25) is 8.22 Å². The van der Waals surface area contributed by atoms with Crippen LogP contribution in [0.3, 0.4) is 0 Å². The Morgan fingerprint density at radius 2 is 1.00 bits per heavy atom. The number of halogens is 2. The lowest BCUT2D eigenvalue weighted by molar-refractivity contribution is 0.739. The molecule has 2 aromatic carbocycles. The number of hydrogen-bond donors (Lipinski definition) is 0. The molecule has 0 heterocycles. The summed E-state index contributed by atoms with van der Waals surface area (Å²) < 4.78 is 31.8. The third-order valence-electron chi connectivity index (χ3n) is 5.02. The average molecular weight is 415 g/mol. The zero-order chi connectivity index (χ0) is 20.3. The van der Waals surface area contributed by atoms with E-state index in [1.54, 1.807) is 0 Å². The molecule has 150 valence electrons. The number of rotatable bonds is 10. The van der Waals surface area contributed by atoms with Crippen LogP contribution in [-0.4, -0.2) is 16.8 Å². The van der Waals surface area contributed by atoms with Crippen molar-refractivity contribution in [2.75, 3.05) is 0 Å². The molecule has 0 nitrogen and oxygen atoms in total. The van der Waals surface area contributed by atoms with E-state index >= 15 is 8.22 Å². The third kappa shape index (κ3) is 7.73. The van der Waals surface area contributed by atoms with Crippen molar-refractivity contribution in [3.8, 4) is 11.1 Å². The van der Waals surface area contributed by atoms with Crippen molar-refractivity contribution in [1.82, 2.24) is 0 Å². The lowest BCUT2D eigenvalue weighted by Crippen LogP contribution is -2.35. The topological polar surface area (TPSA) is 0 Å². The normalized spacial score (nSPS) is 15.1. The summed E-state index contributed by atoms with van der Waals surface area (Å²) in [6.45, 7) is 4.13. The first-order chi connectivity index (χ1) is 13.5. The molecule has 0 N–H and O–H groups in total. The van der Waals surface area contributed by atoms with Crippen LogP contribution in [-0.2, 0) is 12.1 Å². The summed E-state index contributed by atoms with van der Waals surface area (Å²) in [5.41, 5.74) is 7.87. The van der Waals surface area contributed by atoms with Crippen molar-refractivity contribution in [2.24, 2.45) is 0 Å². The molecule has 0 radical (unpaired) electrons. The van der Waals surface area contributed by atoms with Crippen LogP contribution in [0.1, 0.15) is 50.7 Å². The van der Waals surface area contributed by atoms with E-state index in [-0.39, 0.29) is 0 Å². The maximum absolute atomic E-state index is 15.9. The molecule has 2 unspecified atom stereocenters. The molecular formula is C24H32F2Si2. The predicted octanol–water partition coefficient (Wildman–Crippen LogP) is 7.06. The zero-order valence-corrected chi connectivity index (χ0v) is 19.2. The molecule has 0 fully saturated rings. The molecule has 0 bridgehead atoms. The summed E-state index contributed by atoms with van der Waals surface area (Å²) in [6.07, 6.45) is 3.51. The molecule has 0 amide bonds. The second-order valence-corrected chi connectivity index (χ2v) is 13.8. The van der Waals surface area contributed by atoms with Gasteiger partial charge in [-0.2, -0.15) is 0 Å². The summed E-state index contributed by atoms with van der Waals surface area (Å²) in [6, 6.07) is 21.1. The fourth-order valence-corrected chi connectivity index (χ4v) is 9.53. The molecule has 2 atom stereocenters. The van der Waals surface area contributed by atoms with Gasteiger partial charge in [0.1, 0.15) is 0 Å². The highest BCUT2D eigenvalue weighted by molar-refractivity contribution is 6.86. The number of benzene rings is 2. The minimum Gasteiger partial charge on any atom is -0.297 e. The summed E-state index contributed by atoms with van der Waals surface area (Å²) in [4.78, 5) is 0. The van der Waals surface area contributed by atoms with Gasteiger partial charge >= 0.3 is 16.8 Å². The van der Waals surface area contributed by atoms with Gasteiger partial charge in [-0.25, -0.2) is 0 Å². The van der Waals surface area contributed by atoms with Crippen molar-refractivity contribution in [3.05, 3.63) is 71.8 Å². The van der Waals surface area contributed by atoms with Gasteiger partial charge in [0.25, 0.3) is 0 Å². The van der Waals surface area contributed by atoms with Crippen molar-refractivity contribution in [1.29, 1.82) is 0 Å². The Morgan fingerprint density at radius 1 is 0.643 bits per heavy atom. The van der Waals surface area contributed by atoms with Gasteiger partial charge in [-0.1, -0.05) is 111 Å². The van der Waals surface area contributed by atoms with Crippen molar-refractivity contribution in [3.63, 3.8) is 0 Å². The van der Waals surface area contributed by atoms with Crippen molar-refractivity contribution >= 4 is 16.8 Å². The summed E-state index contributed by atoms with van der Waals surface area (Å²) >= 11 is 0. The van der Waals surface area contributed by atoms with Crippen LogP contribution in [0.4, 0.5) is 8.22 Å². The molecule has 2 rings (SSSR count). The molecule has 0 saturated heterocycles. The Morgan fingerprint density at radius 3 is 1.32 bits per heavy atom. The van der Waals surface area contributed by atoms with Crippen LogP contribution in [0.5, 0.6) is 0 Å². The van der Waals surface area contributed by atoms with E-state index in [0.717, 1.165) is 36.8 Å². The predicted molar refractivity (Wildman–Crippen MR) is 121 cm³/mol. The minimum absolute atomic E-state index is 0.366. The molecule has 4 heteroatoms. The maximum Gasteiger partial charge on any atom is 0.326 e. The molecule has 0 aliphatic heterocycles. The van der Waals surface area contributed by atoms with Crippen LogP contribution < -0.4 is 0 Å². The van der Waals surface area contributed by atoms with E-state index in [1.165, 1.54) is 0 Å². The van der Waals surface area contributed by atoms with Gasteiger partial charge in [0, 0.05) is 12.1 Å². The first-order valence-corrected chi connectivity index (χ1v) is 15.1. The smallest absolute Gasteiger partial charge is 0.297 e. The van der Waals surface area contributed by atoms with Gasteiger partial charge in [-0.05, 0) is 23.2 Å². The minimum atomic E-state index is -3.34. The molecule has 0 spiro atoms. The Bertz CT molecular complexity index is 691. The maximum atomic E-state index is 15.9. The van der Waals surface area contributed by atoms with E-state index < -0.39 is 16.8 Å². The standard InChI is InChI=1S/C24H32F2Si2/c1-3-5-17-27(25,21-23-13-9-7-10-14-23)19-20-28(26,18-6-4-2)22-24-15-11-8-12-16-24/h7-16H,3-6,17-18,21-22H2,1-2H3. The molecular weight excluding hydrogens is 382 g/mol. The zero-order valence-electron chi connectivity index (χ0n) is 17.2. The average Bonchev–Trinajstić information content (AvgIpc) is 2.71. The molecule has 28 heavy (non-hydrogen) atoms. The summed E-state index contributed by atoms with van der Waals surface area (Å²) in [7, 11) is -6.69. The summed E-state index contributed by atoms with van der Waals surface area (Å²) in [5.74, 6) is 0. The SMILES string of the molecule is CCCC[Si](F)(C#C[Si](F)(CCCC)Cc1ccccc1)Cc1ccccc1.